The molecule has 0 fully saturated rings. The van der Waals surface area contributed by atoms with Gasteiger partial charge in [0, 0.05) is 0 Å². The lowest BCUT2D eigenvalue weighted by molar-refractivity contribution is -0.137. The Morgan fingerprint density at radius 1 is 1.25 bits per heavy atom. The monoisotopic (exact) mass is 481 g/mol. The Hall–Kier alpha value is -1.72. The Morgan fingerprint density at radius 2 is 1.86 bits per heavy atom. The summed E-state index contributed by atoms with van der Waals surface area (Å²) in [5.41, 5.74) is -0.777. The minimum Gasteiger partial charge on any atom is -0.475 e. The second kappa shape index (κ2) is 8.75. The lowest BCUT2D eigenvalue weighted by atomic mass is 10.1. The number of benzene rings is 1. The van der Waals surface area contributed by atoms with E-state index in [4.69, 9.17) is 4.74 Å². The van der Waals surface area contributed by atoms with Crippen molar-refractivity contribution in [3.8, 4) is 5.88 Å². The van der Waals surface area contributed by atoms with Gasteiger partial charge in [0.05, 0.1) is 33.7 Å². The van der Waals surface area contributed by atoms with Crippen LogP contribution in [0.15, 0.2) is 39.9 Å². The Labute approximate surface area is 170 Å². The van der Waals surface area contributed by atoms with Crippen molar-refractivity contribution < 1.29 is 22.1 Å². The molecule has 0 saturated carbocycles. The summed E-state index contributed by atoms with van der Waals surface area (Å²) in [5, 5.41) is 0. The number of hydrogen-bond donors (Lipinski definition) is 2. The summed E-state index contributed by atoms with van der Waals surface area (Å²) in [7, 11) is -1.51. The summed E-state index contributed by atoms with van der Waals surface area (Å²) in [4.78, 5) is 17.9. The predicted molar refractivity (Wildman–Crippen MR) is 103 cm³/mol. The quantitative estimate of drug-likeness (QED) is 0.658. The van der Waals surface area contributed by atoms with Crippen molar-refractivity contribution in [2.75, 3.05) is 6.61 Å². The van der Waals surface area contributed by atoms with Crippen LogP contribution in [0.25, 0.3) is 0 Å². The second-order valence-electron chi connectivity index (χ2n) is 6.83. The molecule has 0 radical (unpaired) electrons. The van der Waals surface area contributed by atoms with Gasteiger partial charge in [0.1, 0.15) is 11.1 Å². The molecule has 2 atom stereocenters. The largest absolute Gasteiger partial charge is 0.475 e. The van der Waals surface area contributed by atoms with Crippen LogP contribution in [0.4, 0.5) is 13.2 Å². The van der Waals surface area contributed by atoms with Gasteiger partial charge in [0.2, 0.25) is 5.88 Å². The maximum Gasteiger partial charge on any atom is 0.416 e. The van der Waals surface area contributed by atoms with E-state index >= 15 is 0 Å². The third-order valence-corrected chi connectivity index (χ3v) is 5.91. The molecule has 0 aliphatic carbocycles. The molecule has 11 heteroatoms. The van der Waals surface area contributed by atoms with Crippen LogP contribution in [0, 0.1) is 0 Å². The van der Waals surface area contributed by atoms with Gasteiger partial charge in [0.25, 0.3) is 5.56 Å². The minimum absolute atomic E-state index is 0.0176. The molecule has 2 N–H and O–H groups in total. The van der Waals surface area contributed by atoms with Crippen molar-refractivity contribution in [2.24, 2.45) is 0 Å². The summed E-state index contributed by atoms with van der Waals surface area (Å²) in [6, 6.07) is 3.79. The molecule has 0 aliphatic rings. The van der Waals surface area contributed by atoms with Crippen molar-refractivity contribution in [3.05, 3.63) is 56.5 Å². The Morgan fingerprint density at radius 3 is 2.39 bits per heavy atom. The van der Waals surface area contributed by atoms with Crippen LogP contribution in [0.2, 0.25) is 0 Å². The fourth-order valence-electron chi connectivity index (χ4n) is 2.04. The fraction of sp³-hybridized carbons (Fsp3) is 0.412. The highest BCUT2D eigenvalue weighted by atomic mass is 79.9. The molecule has 2 rings (SSSR count). The molecule has 1 aromatic carbocycles. The number of nitrogens with one attached hydrogen (secondary N) is 2. The van der Waals surface area contributed by atoms with Gasteiger partial charge >= 0.3 is 6.18 Å². The number of alkyl halides is 3. The minimum atomic E-state index is -4.45. The van der Waals surface area contributed by atoms with E-state index in [0.29, 0.717) is 5.56 Å². The van der Waals surface area contributed by atoms with Gasteiger partial charge in [-0.15, -0.1) is 0 Å². The number of nitrogens with zero attached hydrogens (tertiary/aromatic N) is 1. The van der Waals surface area contributed by atoms with E-state index < -0.39 is 39.1 Å². The molecule has 0 aliphatic heterocycles. The van der Waals surface area contributed by atoms with Crippen LogP contribution in [0.5, 0.6) is 5.88 Å². The van der Waals surface area contributed by atoms with Gasteiger partial charge < -0.3 is 9.72 Å². The standard InChI is InChI=1S/C17H19BrF3N3O3S/c1-16(2,3)28(26)24-12(8-27-15-13(18)14(25)22-9-23-15)10-4-6-11(7-5-10)17(19,20)21/h4-7,9,12,24H,8H2,1-3H3,(H,22,23,25)/t12-,28-/m1/s1. The van der Waals surface area contributed by atoms with E-state index in [2.05, 4.69) is 30.6 Å². The molecule has 0 amide bonds. The van der Waals surface area contributed by atoms with Crippen LogP contribution in [-0.2, 0) is 17.2 Å². The van der Waals surface area contributed by atoms with E-state index in [-0.39, 0.29) is 17.0 Å². The molecular formula is C17H19BrF3N3O3S. The van der Waals surface area contributed by atoms with Gasteiger partial charge in [-0.25, -0.2) is 13.9 Å². The summed E-state index contributed by atoms with van der Waals surface area (Å²) in [6.07, 6.45) is -3.29. The van der Waals surface area contributed by atoms with Crippen LogP contribution in [0.1, 0.15) is 37.9 Å². The van der Waals surface area contributed by atoms with Crippen LogP contribution in [0.3, 0.4) is 0 Å². The first kappa shape index (κ1) is 22.6. The van der Waals surface area contributed by atoms with Crippen molar-refractivity contribution in [1.29, 1.82) is 0 Å². The molecule has 2 aromatic rings. The van der Waals surface area contributed by atoms with E-state index in [9.17, 15) is 22.2 Å². The normalized spacial score (nSPS) is 14.5. The molecule has 1 heterocycles. The topological polar surface area (TPSA) is 84.1 Å². The fourth-order valence-corrected chi connectivity index (χ4v) is 3.19. The van der Waals surface area contributed by atoms with Crippen LogP contribution in [-0.4, -0.2) is 25.5 Å². The highest BCUT2D eigenvalue weighted by molar-refractivity contribution is 9.10. The number of rotatable bonds is 6. The van der Waals surface area contributed by atoms with E-state index in [1.54, 1.807) is 20.8 Å². The van der Waals surface area contributed by atoms with Crippen molar-refractivity contribution in [2.45, 2.75) is 37.7 Å². The van der Waals surface area contributed by atoms with Gasteiger partial charge in [0.15, 0.2) is 0 Å². The zero-order valence-electron chi connectivity index (χ0n) is 15.3. The summed E-state index contributed by atoms with van der Waals surface area (Å²) in [5.74, 6) is 0.0176. The molecule has 6 nitrogen and oxygen atoms in total. The van der Waals surface area contributed by atoms with E-state index in [1.165, 1.54) is 12.1 Å². The maximum absolute atomic E-state index is 12.8. The third-order valence-electron chi connectivity index (χ3n) is 3.60. The van der Waals surface area contributed by atoms with Crippen molar-refractivity contribution >= 4 is 26.9 Å². The average molecular weight is 482 g/mol. The average Bonchev–Trinajstić information content (AvgIpc) is 2.60. The molecule has 0 bridgehead atoms. The number of ether oxygens (including phenoxy) is 1. The molecule has 0 spiro atoms. The highest BCUT2D eigenvalue weighted by Gasteiger charge is 2.31. The predicted octanol–water partition coefficient (Wildman–Crippen LogP) is 3.72. The zero-order chi connectivity index (χ0) is 21.1. The van der Waals surface area contributed by atoms with Crippen molar-refractivity contribution in [1.82, 2.24) is 14.7 Å². The first-order valence-electron chi connectivity index (χ1n) is 8.11. The SMILES string of the molecule is CC(C)(C)[S@@](=O)N[C@H](COc1nc[nH]c(=O)c1Br)c1ccc(C(F)(F)F)cc1. The number of H-pyrrole nitrogens is 1. The third kappa shape index (κ3) is 5.89. The van der Waals surface area contributed by atoms with E-state index in [0.717, 1.165) is 18.5 Å². The van der Waals surface area contributed by atoms with Gasteiger partial charge in [-0.2, -0.15) is 13.2 Å². The molecule has 154 valence electrons. The zero-order valence-corrected chi connectivity index (χ0v) is 17.7. The Balaban J connectivity index is 2.27. The van der Waals surface area contributed by atoms with Crippen LogP contribution >= 0.6 is 15.9 Å². The second-order valence-corrected chi connectivity index (χ2v) is 9.62. The molecule has 28 heavy (non-hydrogen) atoms. The number of halogens is 4. The molecule has 0 unspecified atom stereocenters. The number of aromatic amines is 1. The summed E-state index contributed by atoms with van der Waals surface area (Å²) in [6.45, 7) is 5.17. The smallest absolute Gasteiger partial charge is 0.416 e. The summed E-state index contributed by atoms with van der Waals surface area (Å²) >= 11 is 3.06. The van der Waals surface area contributed by atoms with Gasteiger partial charge in [-0.1, -0.05) is 12.1 Å². The van der Waals surface area contributed by atoms with Gasteiger partial charge in [-0.05, 0) is 54.4 Å². The molecular weight excluding hydrogens is 463 g/mol. The highest BCUT2D eigenvalue weighted by Crippen LogP contribution is 2.30. The lowest BCUT2D eigenvalue weighted by Gasteiger charge is -2.25. The Kier molecular flexibility index (Phi) is 7.05. The maximum atomic E-state index is 12.8. The number of aromatic nitrogens is 2. The van der Waals surface area contributed by atoms with Crippen molar-refractivity contribution in [3.63, 3.8) is 0 Å². The van der Waals surface area contributed by atoms with Gasteiger partial charge in [-0.3, -0.25) is 4.79 Å². The number of hydrogen-bond acceptors (Lipinski definition) is 4. The molecule has 0 saturated heterocycles. The summed E-state index contributed by atoms with van der Waals surface area (Å²) < 4.78 is 58.8. The molecule has 1 aromatic heterocycles. The first-order chi connectivity index (χ1) is 12.9. The first-order valence-corrected chi connectivity index (χ1v) is 10.0. The Bertz CT molecular complexity index is 895. The van der Waals surface area contributed by atoms with E-state index in [1.807, 2.05) is 0 Å². The lowest BCUT2D eigenvalue weighted by Crippen LogP contribution is -2.38. The van der Waals surface area contributed by atoms with Crippen LogP contribution < -0.4 is 15.0 Å².